The van der Waals surface area contributed by atoms with Crippen LogP contribution in [0, 0.1) is 11.8 Å². The average molecular weight is 552 g/mol. The van der Waals surface area contributed by atoms with Crippen LogP contribution in [0.3, 0.4) is 0 Å². The Labute approximate surface area is 204 Å². The van der Waals surface area contributed by atoms with Crippen LogP contribution in [-0.2, 0) is 14.3 Å². The minimum atomic E-state index is -0.459. The summed E-state index contributed by atoms with van der Waals surface area (Å²) in [6, 6.07) is 0. The zero-order valence-corrected chi connectivity index (χ0v) is 22.1. The molecular weight excluding hydrogens is 511 g/mol. The van der Waals surface area contributed by atoms with Gasteiger partial charge < -0.3 is 24.6 Å². The van der Waals surface area contributed by atoms with Crippen LogP contribution in [0.2, 0.25) is 0 Å². The van der Waals surface area contributed by atoms with Gasteiger partial charge in [0.15, 0.2) is 5.96 Å². The van der Waals surface area contributed by atoms with Gasteiger partial charge in [0.2, 0.25) is 0 Å². The van der Waals surface area contributed by atoms with Crippen molar-refractivity contribution in [2.24, 2.45) is 16.8 Å². The number of likely N-dealkylation sites (tertiary alicyclic amines) is 2. The molecule has 0 radical (unpaired) electrons. The minimum absolute atomic E-state index is 0. The maximum Gasteiger partial charge on any atom is 0.410 e. The molecule has 2 aliphatic rings. The van der Waals surface area contributed by atoms with E-state index < -0.39 is 5.60 Å². The van der Waals surface area contributed by atoms with Gasteiger partial charge in [0.1, 0.15) is 5.60 Å². The number of esters is 1. The predicted molar refractivity (Wildman–Crippen MR) is 133 cm³/mol. The third-order valence-electron chi connectivity index (χ3n) is 5.51. The fourth-order valence-electron chi connectivity index (χ4n) is 3.85. The van der Waals surface area contributed by atoms with Gasteiger partial charge in [0, 0.05) is 39.3 Å². The van der Waals surface area contributed by atoms with Gasteiger partial charge in [0.25, 0.3) is 0 Å². The van der Waals surface area contributed by atoms with Gasteiger partial charge in [-0.3, -0.25) is 9.79 Å². The second-order valence-corrected chi connectivity index (χ2v) is 9.12. The highest BCUT2D eigenvalue weighted by Gasteiger charge is 2.29. The van der Waals surface area contributed by atoms with E-state index in [1.54, 1.807) is 4.90 Å². The van der Waals surface area contributed by atoms with Crippen molar-refractivity contribution >= 4 is 42.0 Å². The number of carbonyl (C=O) groups is 2. The van der Waals surface area contributed by atoms with Crippen LogP contribution in [0.15, 0.2) is 4.99 Å². The summed E-state index contributed by atoms with van der Waals surface area (Å²) in [5.41, 5.74) is -0.459. The molecule has 2 aliphatic heterocycles. The molecule has 1 amide bonds. The lowest BCUT2D eigenvalue weighted by Crippen LogP contribution is -2.47. The first-order valence-corrected chi connectivity index (χ1v) is 11.4. The molecule has 0 aromatic heterocycles. The number of amides is 1. The molecule has 0 unspecified atom stereocenters. The first-order valence-electron chi connectivity index (χ1n) is 11.4. The van der Waals surface area contributed by atoms with E-state index >= 15 is 0 Å². The third kappa shape index (κ3) is 9.41. The van der Waals surface area contributed by atoms with Crippen molar-refractivity contribution in [3.8, 4) is 0 Å². The van der Waals surface area contributed by atoms with Gasteiger partial charge in [0.05, 0.1) is 12.5 Å². The zero-order valence-electron chi connectivity index (χ0n) is 19.8. The van der Waals surface area contributed by atoms with E-state index in [4.69, 9.17) is 14.5 Å². The van der Waals surface area contributed by atoms with Crippen molar-refractivity contribution in [2.45, 2.75) is 65.9 Å². The van der Waals surface area contributed by atoms with E-state index in [9.17, 15) is 9.59 Å². The second-order valence-electron chi connectivity index (χ2n) is 9.12. The van der Waals surface area contributed by atoms with E-state index in [0.717, 1.165) is 70.9 Å². The summed E-state index contributed by atoms with van der Waals surface area (Å²) >= 11 is 0. The molecule has 0 aliphatic carbocycles. The highest BCUT2D eigenvalue weighted by Crippen LogP contribution is 2.21. The van der Waals surface area contributed by atoms with Crippen LogP contribution in [0.1, 0.15) is 60.3 Å². The molecule has 2 heterocycles. The Balaban J connectivity index is 0.00000480. The largest absolute Gasteiger partial charge is 0.466 e. The molecule has 9 heteroatoms. The Morgan fingerprint density at radius 3 is 2.10 bits per heavy atom. The Morgan fingerprint density at radius 2 is 1.58 bits per heavy atom. The van der Waals surface area contributed by atoms with Crippen LogP contribution >= 0.6 is 24.0 Å². The molecule has 8 nitrogen and oxygen atoms in total. The number of guanidine groups is 1. The van der Waals surface area contributed by atoms with Crippen molar-refractivity contribution in [1.29, 1.82) is 0 Å². The molecule has 31 heavy (non-hydrogen) atoms. The summed E-state index contributed by atoms with van der Waals surface area (Å²) in [7, 11) is 0. The Morgan fingerprint density at radius 1 is 1.00 bits per heavy atom. The number of hydrogen-bond acceptors (Lipinski definition) is 5. The lowest BCUT2D eigenvalue weighted by molar-refractivity contribution is -0.149. The SMILES string of the molecule is CCNC(=NCC1CCN(C(=O)OC(C)(C)C)CC1)N1CCC(C(=O)OCC)CC1.I. The quantitative estimate of drug-likeness (QED) is 0.244. The summed E-state index contributed by atoms with van der Waals surface area (Å²) in [5.74, 6) is 1.32. The molecule has 0 saturated carbocycles. The van der Waals surface area contributed by atoms with Crippen molar-refractivity contribution in [3.63, 3.8) is 0 Å². The van der Waals surface area contributed by atoms with E-state index in [-0.39, 0.29) is 42.0 Å². The lowest BCUT2D eigenvalue weighted by atomic mass is 9.97. The first-order chi connectivity index (χ1) is 14.2. The number of nitrogens with one attached hydrogen (secondary N) is 1. The summed E-state index contributed by atoms with van der Waals surface area (Å²) in [6.07, 6.45) is 3.26. The van der Waals surface area contributed by atoms with E-state index in [2.05, 4.69) is 17.1 Å². The lowest BCUT2D eigenvalue weighted by Gasteiger charge is -2.34. The van der Waals surface area contributed by atoms with E-state index in [1.165, 1.54) is 0 Å². The van der Waals surface area contributed by atoms with E-state index in [1.807, 2.05) is 27.7 Å². The van der Waals surface area contributed by atoms with Crippen molar-refractivity contribution in [1.82, 2.24) is 15.1 Å². The van der Waals surface area contributed by atoms with Crippen molar-refractivity contribution in [3.05, 3.63) is 0 Å². The highest BCUT2D eigenvalue weighted by atomic mass is 127. The highest BCUT2D eigenvalue weighted by molar-refractivity contribution is 14.0. The first kappa shape index (κ1) is 27.8. The van der Waals surface area contributed by atoms with Crippen LogP contribution < -0.4 is 5.32 Å². The van der Waals surface area contributed by atoms with Crippen molar-refractivity contribution in [2.75, 3.05) is 45.9 Å². The topological polar surface area (TPSA) is 83.5 Å². The number of carbonyl (C=O) groups excluding carboxylic acids is 2. The standard InChI is InChI=1S/C22H40N4O4.HI/c1-6-23-20(25-14-10-18(11-15-25)19(27)29-7-2)24-16-17-8-12-26(13-9-17)21(28)30-22(3,4)5;/h17-18H,6-16H2,1-5H3,(H,23,24);1H. The summed E-state index contributed by atoms with van der Waals surface area (Å²) in [5, 5.41) is 3.39. The minimum Gasteiger partial charge on any atom is -0.466 e. The average Bonchev–Trinajstić information content (AvgIpc) is 2.70. The Kier molecular flexibility index (Phi) is 11.9. The molecule has 2 saturated heterocycles. The van der Waals surface area contributed by atoms with Crippen LogP contribution in [0.25, 0.3) is 0 Å². The molecule has 2 rings (SSSR count). The number of halogens is 1. The maximum atomic E-state index is 12.2. The fraction of sp³-hybridized carbons (Fsp3) is 0.864. The third-order valence-corrected chi connectivity index (χ3v) is 5.51. The van der Waals surface area contributed by atoms with Gasteiger partial charge in [-0.15, -0.1) is 24.0 Å². The van der Waals surface area contributed by atoms with Gasteiger partial charge in [-0.05, 0) is 66.2 Å². The normalized spacial score (nSPS) is 18.9. The number of hydrogen-bond donors (Lipinski definition) is 1. The molecule has 0 bridgehead atoms. The number of nitrogens with zero attached hydrogens (tertiary/aromatic N) is 3. The number of ether oxygens (including phenoxy) is 2. The van der Waals surface area contributed by atoms with Crippen LogP contribution in [-0.4, -0.2) is 79.3 Å². The van der Waals surface area contributed by atoms with Crippen molar-refractivity contribution < 1.29 is 19.1 Å². The zero-order chi connectivity index (χ0) is 22.1. The molecule has 0 atom stereocenters. The van der Waals surface area contributed by atoms with Crippen LogP contribution in [0.5, 0.6) is 0 Å². The molecule has 0 aromatic carbocycles. The predicted octanol–water partition coefficient (Wildman–Crippen LogP) is 3.49. The van der Waals surface area contributed by atoms with E-state index in [0.29, 0.717) is 12.5 Å². The maximum absolute atomic E-state index is 12.2. The van der Waals surface area contributed by atoms with Gasteiger partial charge >= 0.3 is 12.1 Å². The molecule has 0 aromatic rings. The summed E-state index contributed by atoms with van der Waals surface area (Å²) in [4.78, 5) is 33.1. The molecule has 180 valence electrons. The summed E-state index contributed by atoms with van der Waals surface area (Å²) in [6.45, 7) is 14.7. The molecule has 0 spiro atoms. The van der Waals surface area contributed by atoms with Gasteiger partial charge in [-0.2, -0.15) is 0 Å². The number of rotatable bonds is 5. The number of aliphatic imine (C=N–C) groups is 1. The monoisotopic (exact) mass is 552 g/mol. The van der Waals surface area contributed by atoms with Gasteiger partial charge in [-0.1, -0.05) is 0 Å². The number of piperidine rings is 2. The Hall–Kier alpha value is -1.26. The molecule has 2 fully saturated rings. The molecule has 1 N–H and O–H groups in total. The van der Waals surface area contributed by atoms with Crippen LogP contribution in [0.4, 0.5) is 4.79 Å². The smallest absolute Gasteiger partial charge is 0.410 e. The summed E-state index contributed by atoms with van der Waals surface area (Å²) < 4.78 is 10.6. The Bertz CT molecular complexity index is 593. The molecular formula is C22H41IN4O4. The van der Waals surface area contributed by atoms with Gasteiger partial charge in [-0.25, -0.2) is 4.79 Å². The second kappa shape index (κ2) is 13.3. The fourth-order valence-corrected chi connectivity index (χ4v) is 3.85.